The Morgan fingerprint density at radius 1 is 1.17 bits per heavy atom. The highest BCUT2D eigenvalue weighted by atomic mass is 32.2. The van der Waals surface area contributed by atoms with Gasteiger partial charge in [0.1, 0.15) is 5.82 Å². The van der Waals surface area contributed by atoms with Crippen molar-refractivity contribution in [1.29, 1.82) is 0 Å². The van der Waals surface area contributed by atoms with Crippen molar-refractivity contribution in [2.75, 3.05) is 7.05 Å². The van der Waals surface area contributed by atoms with E-state index >= 15 is 0 Å². The van der Waals surface area contributed by atoms with Crippen molar-refractivity contribution >= 4 is 34.9 Å². The monoisotopic (exact) mass is 412 g/mol. The predicted molar refractivity (Wildman–Crippen MR) is 112 cm³/mol. The molecule has 0 aliphatic carbocycles. The minimum absolute atomic E-state index is 0.0640. The molecule has 2 aromatic carbocycles. The molecule has 0 atom stereocenters. The Hall–Kier alpha value is -2.93. The summed E-state index contributed by atoms with van der Waals surface area (Å²) in [7, 11) is 1.74. The third-order valence-corrected chi connectivity index (χ3v) is 5.56. The zero-order valence-electron chi connectivity index (χ0n) is 16.4. The molecule has 0 aromatic heterocycles. The van der Waals surface area contributed by atoms with E-state index in [1.165, 1.54) is 12.1 Å². The van der Waals surface area contributed by atoms with E-state index in [4.69, 9.17) is 0 Å². The fraction of sp³-hybridized carbons (Fsp3) is 0.227. The van der Waals surface area contributed by atoms with Gasteiger partial charge >= 0.3 is 0 Å². The molecule has 0 radical (unpaired) electrons. The molecule has 1 aliphatic rings. The van der Waals surface area contributed by atoms with E-state index in [1.807, 2.05) is 13.8 Å². The minimum Gasteiger partial charge on any atom is -0.339 e. The molecule has 0 spiro atoms. The van der Waals surface area contributed by atoms with E-state index in [9.17, 15) is 18.8 Å². The fourth-order valence-corrected chi connectivity index (χ4v) is 3.60. The predicted octanol–water partition coefficient (Wildman–Crippen LogP) is 4.54. The van der Waals surface area contributed by atoms with Gasteiger partial charge in [0.15, 0.2) is 0 Å². The highest BCUT2D eigenvalue weighted by molar-refractivity contribution is 8.18. The van der Waals surface area contributed by atoms with Gasteiger partial charge in [-0.2, -0.15) is 0 Å². The Morgan fingerprint density at radius 2 is 1.86 bits per heavy atom. The Kier molecular flexibility index (Phi) is 6.17. The fourth-order valence-electron chi connectivity index (χ4n) is 2.76. The molecule has 1 fully saturated rings. The number of amides is 3. The van der Waals surface area contributed by atoms with Gasteiger partial charge in [-0.05, 0) is 67.1 Å². The summed E-state index contributed by atoms with van der Waals surface area (Å²) in [5, 5.41) is -0.377. The molecular formula is C22H21FN2O3S. The van der Waals surface area contributed by atoms with Gasteiger partial charge in [0.25, 0.3) is 17.1 Å². The molecule has 3 rings (SSSR count). The first-order valence-electron chi connectivity index (χ1n) is 9.13. The van der Waals surface area contributed by atoms with Crippen LogP contribution in [0.4, 0.5) is 9.18 Å². The molecule has 0 N–H and O–H groups in total. The second kappa shape index (κ2) is 8.61. The molecule has 3 amide bonds. The maximum Gasteiger partial charge on any atom is 0.293 e. The molecule has 1 heterocycles. The average molecular weight is 412 g/mol. The molecular weight excluding hydrogens is 391 g/mol. The number of imide groups is 1. The highest BCUT2D eigenvalue weighted by Gasteiger charge is 2.35. The Labute approximate surface area is 173 Å². The Morgan fingerprint density at radius 3 is 2.52 bits per heavy atom. The summed E-state index contributed by atoms with van der Waals surface area (Å²) in [6, 6.07) is 12.7. The third kappa shape index (κ3) is 4.74. The van der Waals surface area contributed by atoms with Crippen LogP contribution in [0.2, 0.25) is 0 Å². The summed E-state index contributed by atoms with van der Waals surface area (Å²) in [6.45, 7) is 3.94. The molecule has 1 aliphatic heterocycles. The van der Waals surface area contributed by atoms with E-state index in [0.29, 0.717) is 21.6 Å². The number of hydrogen-bond donors (Lipinski definition) is 0. The molecule has 0 saturated carbocycles. The zero-order valence-corrected chi connectivity index (χ0v) is 17.2. The highest BCUT2D eigenvalue weighted by Crippen LogP contribution is 2.33. The van der Waals surface area contributed by atoms with Crippen molar-refractivity contribution in [1.82, 2.24) is 9.80 Å². The number of nitrogens with zero attached hydrogens (tertiary/aromatic N) is 2. The SMILES string of the molecule is CC(C)N(C)C(=O)c1cccc(C=C2SC(=O)N(Cc3ccc(F)cc3)C2=O)c1. The first-order chi connectivity index (χ1) is 13.8. The lowest BCUT2D eigenvalue weighted by Crippen LogP contribution is -2.32. The van der Waals surface area contributed by atoms with Crippen molar-refractivity contribution in [3.05, 3.63) is 75.9 Å². The second-order valence-corrected chi connectivity index (χ2v) is 8.02. The lowest BCUT2D eigenvalue weighted by molar-refractivity contribution is -0.123. The van der Waals surface area contributed by atoms with E-state index in [0.717, 1.165) is 16.7 Å². The lowest BCUT2D eigenvalue weighted by atomic mass is 10.1. The topological polar surface area (TPSA) is 57.7 Å². The van der Waals surface area contributed by atoms with Crippen LogP contribution in [0.5, 0.6) is 0 Å². The second-order valence-electron chi connectivity index (χ2n) is 7.03. The summed E-state index contributed by atoms with van der Waals surface area (Å²) in [5.41, 5.74) is 1.85. The maximum atomic E-state index is 13.1. The van der Waals surface area contributed by atoms with Gasteiger partial charge in [-0.1, -0.05) is 24.3 Å². The van der Waals surface area contributed by atoms with Gasteiger partial charge in [-0.3, -0.25) is 19.3 Å². The van der Waals surface area contributed by atoms with E-state index in [-0.39, 0.29) is 29.6 Å². The number of halogens is 1. The van der Waals surface area contributed by atoms with Crippen molar-refractivity contribution < 1.29 is 18.8 Å². The van der Waals surface area contributed by atoms with Crippen LogP contribution >= 0.6 is 11.8 Å². The first kappa shape index (κ1) is 20.8. The number of thioether (sulfide) groups is 1. The van der Waals surface area contributed by atoms with Crippen LogP contribution in [0.15, 0.2) is 53.4 Å². The Balaban J connectivity index is 1.79. The molecule has 150 valence electrons. The van der Waals surface area contributed by atoms with Crippen molar-refractivity contribution in [3.8, 4) is 0 Å². The molecule has 0 bridgehead atoms. The normalized spacial score (nSPS) is 15.5. The van der Waals surface area contributed by atoms with Crippen LogP contribution in [-0.2, 0) is 11.3 Å². The smallest absolute Gasteiger partial charge is 0.293 e. The molecule has 1 saturated heterocycles. The third-order valence-electron chi connectivity index (χ3n) is 4.65. The van der Waals surface area contributed by atoms with Crippen LogP contribution in [0, 0.1) is 5.82 Å². The largest absolute Gasteiger partial charge is 0.339 e. The van der Waals surface area contributed by atoms with Gasteiger partial charge in [0, 0.05) is 18.7 Å². The van der Waals surface area contributed by atoms with Crippen LogP contribution in [0.3, 0.4) is 0 Å². The molecule has 7 heteroatoms. The molecule has 2 aromatic rings. The minimum atomic E-state index is -0.402. The molecule has 29 heavy (non-hydrogen) atoms. The number of carbonyl (C=O) groups is 3. The number of carbonyl (C=O) groups excluding carboxylic acids is 3. The van der Waals surface area contributed by atoms with Crippen molar-refractivity contribution in [2.45, 2.75) is 26.4 Å². The van der Waals surface area contributed by atoms with Gasteiger partial charge in [-0.15, -0.1) is 0 Å². The summed E-state index contributed by atoms with van der Waals surface area (Å²) >= 11 is 0.854. The van der Waals surface area contributed by atoms with Crippen molar-refractivity contribution in [3.63, 3.8) is 0 Å². The summed E-state index contributed by atoms with van der Waals surface area (Å²) in [4.78, 5) is 40.5. The van der Waals surface area contributed by atoms with Crippen LogP contribution in [0.1, 0.15) is 35.3 Å². The van der Waals surface area contributed by atoms with Gasteiger partial charge in [-0.25, -0.2) is 4.39 Å². The number of hydrogen-bond acceptors (Lipinski definition) is 4. The number of benzene rings is 2. The first-order valence-corrected chi connectivity index (χ1v) is 9.95. The van der Waals surface area contributed by atoms with Crippen LogP contribution < -0.4 is 0 Å². The molecule has 5 nitrogen and oxygen atoms in total. The summed E-state index contributed by atoms with van der Waals surface area (Å²) in [5.74, 6) is -0.889. The Bertz CT molecular complexity index is 986. The average Bonchev–Trinajstić information content (AvgIpc) is 2.96. The van der Waals surface area contributed by atoms with E-state index in [2.05, 4.69) is 0 Å². The van der Waals surface area contributed by atoms with Gasteiger partial charge in [0.05, 0.1) is 11.4 Å². The summed E-state index contributed by atoms with van der Waals surface area (Å²) < 4.78 is 13.1. The summed E-state index contributed by atoms with van der Waals surface area (Å²) in [6.07, 6.45) is 1.61. The maximum absolute atomic E-state index is 13.1. The quantitative estimate of drug-likeness (QED) is 0.677. The van der Waals surface area contributed by atoms with E-state index < -0.39 is 5.91 Å². The standard InChI is InChI=1S/C22H21FN2O3S/c1-14(2)24(3)20(26)17-6-4-5-16(11-17)12-19-21(27)25(22(28)29-19)13-15-7-9-18(23)10-8-15/h4-12,14H,13H2,1-3H3. The van der Waals surface area contributed by atoms with Crippen molar-refractivity contribution in [2.24, 2.45) is 0 Å². The number of rotatable bonds is 5. The zero-order chi connectivity index (χ0) is 21.1. The van der Waals surface area contributed by atoms with Gasteiger partial charge < -0.3 is 4.90 Å². The van der Waals surface area contributed by atoms with Crippen LogP contribution in [-0.4, -0.2) is 39.9 Å². The lowest BCUT2D eigenvalue weighted by Gasteiger charge is -2.21. The van der Waals surface area contributed by atoms with Gasteiger partial charge in [0.2, 0.25) is 0 Å². The molecule has 0 unspecified atom stereocenters. The van der Waals surface area contributed by atoms with Crippen LogP contribution in [0.25, 0.3) is 6.08 Å². The van der Waals surface area contributed by atoms with E-state index in [1.54, 1.807) is 54.4 Å².